The first-order valence-corrected chi connectivity index (χ1v) is 5.94. The predicted molar refractivity (Wildman–Crippen MR) is 63.1 cm³/mol. The average molecular weight is 251 g/mol. The van der Waals surface area contributed by atoms with Crippen LogP contribution >= 0.6 is 35.0 Å². The molecule has 0 bridgehead atoms. The highest BCUT2D eigenvalue weighted by Crippen LogP contribution is 2.26. The molecule has 0 radical (unpaired) electrons. The molecule has 0 aliphatic carbocycles. The van der Waals surface area contributed by atoms with E-state index in [9.17, 15) is 0 Å². The van der Waals surface area contributed by atoms with Gasteiger partial charge in [0.05, 0.1) is 5.75 Å². The summed E-state index contributed by atoms with van der Waals surface area (Å²) in [6.45, 7) is 6.43. The molecule has 78 valence electrons. The van der Waals surface area contributed by atoms with Gasteiger partial charge in [-0.2, -0.15) is 0 Å². The van der Waals surface area contributed by atoms with Crippen molar-refractivity contribution < 1.29 is 0 Å². The van der Waals surface area contributed by atoms with Gasteiger partial charge in [-0.05, 0) is 0 Å². The van der Waals surface area contributed by atoms with E-state index in [1.54, 1.807) is 11.8 Å². The van der Waals surface area contributed by atoms with E-state index in [0.29, 0.717) is 16.1 Å². The van der Waals surface area contributed by atoms with Crippen LogP contribution in [-0.4, -0.2) is 14.7 Å². The Balaban J connectivity index is 2.68. The Kier molecular flexibility index (Phi) is 4.04. The maximum absolute atomic E-state index is 5.76. The molecule has 1 aromatic heterocycles. The maximum Gasteiger partial charge on any atom is 0.141 e. The van der Waals surface area contributed by atoms with E-state index < -0.39 is 0 Å². The maximum atomic E-state index is 5.76. The molecular weight excluding hydrogens is 239 g/mol. The summed E-state index contributed by atoms with van der Waals surface area (Å²) in [6.07, 6.45) is 0. The molecule has 0 saturated carbocycles. The molecule has 0 fully saturated rings. The van der Waals surface area contributed by atoms with Crippen LogP contribution in [-0.2, 0) is 5.75 Å². The second-order valence-electron chi connectivity index (χ2n) is 3.83. The van der Waals surface area contributed by atoms with Gasteiger partial charge in [0.15, 0.2) is 0 Å². The van der Waals surface area contributed by atoms with Crippen molar-refractivity contribution in [3.8, 4) is 0 Å². The Bertz CT molecular complexity index is 303. The van der Waals surface area contributed by atoms with Crippen LogP contribution in [0.1, 0.15) is 26.6 Å². The van der Waals surface area contributed by atoms with Gasteiger partial charge >= 0.3 is 0 Å². The fourth-order valence-electron chi connectivity index (χ4n) is 0.780. The summed E-state index contributed by atoms with van der Waals surface area (Å²) in [5.74, 6) is 1.41. The first-order chi connectivity index (χ1) is 6.37. The molecule has 0 saturated heterocycles. The van der Waals surface area contributed by atoms with Crippen molar-refractivity contribution in [1.82, 2.24) is 9.97 Å². The molecule has 1 aromatic rings. The van der Waals surface area contributed by atoms with Gasteiger partial charge in [-0.25, -0.2) is 9.97 Å². The summed E-state index contributed by atoms with van der Waals surface area (Å²) in [7, 11) is 0. The zero-order valence-electron chi connectivity index (χ0n) is 8.34. The highest BCUT2D eigenvalue weighted by Gasteiger charge is 2.12. The van der Waals surface area contributed by atoms with Crippen molar-refractivity contribution in [2.24, 2.45) is 0 Å². The third-order valence-electron chi connectivity index (χ3n) is 1.34. The fraction of sp³-hybridized carbons (Fsp3) is 0.556. The van der Waals surface area contributed by atoms with E-state index in [2.05, 4.69) is 30.7 Å². The summed E-state index contributed by atoms with van der Waals surface area (Å²) in [5, 5.41) is 0.795. The number of halogens is 2. The van der Waals surface area contributed by atoms with E-state index in [4.69, 9.17) is 23.2 Å². The number of hydrogen-bond donors (Lipinski definition) is 0. The van der Waals surface area contributed by atoms with Gasteiger partial charge in [0.1, 0.15) is 16.1 Å². The van der Waals surface area contributed by atoms with Gasteiger partial charge in [-0.15, -0.1) is 11.8 Å². The Morgan fingerprint density at radius 2 is 1.71 bits per heavy atom. The van der Waals surface area contributed by atoms with Gasteiger partial charge in [-0.1, -0.05) is 44.0 Å². The Morgan fingerprint density at radius 3 is 2.14 bits per heavy atom. The molecule has 0 unspecified atom stereocenters. The van der Waals surface area contributed by atoms with Crippen molar-refractivity contribution in [2.45, 2.75) is 31.3 Å². The topological polar surface area (TPSA) is 25.8 Å². The third-order valence-corrected chi connectivity index (χ3v) is 3.00. The van der Waals surface area contributed by atoms with Gasteiger partial charge < -0.3 is 0 Å². The standard InChI is InChI=1S/C9H12Cl2N2S/c1-9(2,3)14-5-8-12-6(10)4-7(11)13-8/h4H,5H2,1-3H3. The predicted octanol–water partition coefficient (Wildman–Crippen LogP) is 3.82. The van der Waals surface area contributed by atoms with Crippen molar-refractivity contribution in [1.29, 1.82) is 0 Å². The van der Waals surface area contributed by atoms with Crippen molar-refractivity contribution in [3.63, 3.8) is 0 Å². The average Bonchev–Trinajstić information content (AvgIpc) is 1.97. The highest BCUT2D eigenvalue weighted by molar-refractivity contribution is 7.99. The van der Waals surface area contributed by atoms with Crippen molar-refractivity contribution >= 4 is 35.0 Å². The summed E-state index contributed by atoms with van der Waals surface area (Å²) < 4.78 is 0.193. The van der Waals surface area contributed by atoms with Crippen LogP contribution in [0.2, 0.25) is 10.3 Å². The number of rotatable bonds is 2. The van der Waals surface area contributed by atoms with Crippen LogP contribution < -0.4 is 0 Å². The smallest absolute Gasteiger partial charge is 0.141 e. The minimum atomic E-state index is 0.193. The van der Waals surface area contributed by atoms with Crippen LogP contribution in [0.5, 0.6) is 0 Å². The number of hydrogen-bond acceptors (Lipinski definition) is 3. The van der Waals surface area contributed by atoms with Gasteiger partial charge in [0.25, 0.3) is 0 Å². The lowest BCUT2D eigenvalue weighted by Crippen LogP contribution is -2.08. The molecule has 1 rings (SSSR count). The van der Waals surface area contributed by atoms with Crippen LogP contribution in [0.15, 0.2) is 6.07 Å². The lowest BCUT2D eigenvalue weighted by atomic mass is 10.3. The van der Waals surface area contributed by atoms with E-state index in [-0.39, 0.29) is 4.75 Å². The van der Waals surface area contributed by atoms with E-state index in [1.165, 1.54) is 6.07 Å². The van der Waals surface area contributed by atoms with Gasteiger partial charge in [0, 0.05) is 10.8 Å². The minimum absolute atomic E-state index is 0.193. The van der Waals surface area contributed by atoms with E-state index >= 15 is 0 Å². The minimum Gasteiger partial charge on any atom is -0.220 e. The van der Waals surface area contributed by atoms with Crippen LogP contribution in [0.25, 0.3) is 0 Å². The molecular formula is C9H12Cl2N2S. The number of aromatic nitrogens is 2. The van der Waals surface area contributed by atoms with E-state index in [0.717, 1.165) is 5.75 Å². The monoisotopic (exact) mass is 250 g/mol. The number of thioether (sulfide) groups is 1. The summed E-state index contributed by atoms with van der Waals surface area (Å²) in [6, 6.07) is 1.54. The Morgan fingerprint density at radius 1 is 1.21 bits per heavy atom. The lowest BCUT2D eigenvalue weighted by molar-refractivity contribution is 0.800. The summed E-state index contributed by atoms with van der Waals surface area (Å²) in [4.78, 5) is 8.17. The second kappa shape index (κ2) is 4.69. The van der Waals surface area contributed by atoms with Crippen molar-refractivity contribution in [3.05, 3.63) is 22.2 Å². The molecule has 0 atom stereocenters. The normalized spacial score (nSPS) is 11.8. The second-order valence-corrected chi connectivity index (χ2v) is 6.41. The quantitative estimate of drug-likeness (QED) is 0.747. The van der Waals surface area contributed by atoms with E-state index in [1.807, 2.05) is 0 Å². The fourth-order valence-corrected chi connectivity index (χ4v) is 1.93. The SMILES string of the molecule is CC(C)(C)SCc1nc(Cl)cc(Cl)n1. The molecule has 14 heavy (non-hydrogen) atoms. The van der Waals surface area contributed by atoms with Crippen LogP contribution in [0.4, 0.5) is 0 Å². The molecule has 1 heterocycles. The zero-order valence-corrected chi connectivity index (χ0v) is 10.7. The third kappa shape index (κ3) is 4.49. The van der Waals surface area contributed by atoms with Crippen molar-refractivity contribution in [2.75, 3.05) is 0 Å². The van der Waals surface area contributed by atoms with Crippen LogP contribution in [0.3, 0.4) is 0 Å². The molecule has 0 aliphatic heterocycles. The molecule has 0 aliphatic rings. The number of nitrogens with zero attached hydrogens (tertiary/aromatic N) is 2. The lowest BCUT2D eigenvalue weighted by Gasteiger charge is -2.16. The van der Waals surface area contributed by atoms with Gasteiger partial charge in [-0.3, -0.25) is 0 Å². The van der Waals surface area contributed by atoms with Crippen LogP contribution in [0, 0.1) is 0 Å². The first-order valence-electron chi connectivity index (χ1n) is 4.20. The molecule has 0 amide bonds. The van der Waals surface area contributed by atoms with Gasteiger partial charge in [0.2, 0.25) is 0 Å². The Hall–Kier alpha value is 0.01000. The summed E-state index contributed by atoms with van der Waals surface area (Å²) in [5.41, 5.74) is 0. The Labute approximate surface area is 98.4 Å². The highest BCUT2D eigenvalue weighted by atomic mass is 35.5. The molecule has 5 heteroatoms. The molecule has 0 spiro atoms. The zero-order chi connectivity index (χ0) is 10.8. The largest absolute Gasteiger partial charge is 0.220 e. The first kappa shape index (κ1) is 12.1. The molecule has 0 N–H and O–H groups in total. The summed E-state index contributed by atoms with van der Waals surface area (Å²) >= 11 is 13.3. The molecule has 2 nitrogen and oxygen atoms in total. The molecule has 0 aromatic carbocycles.